The van der Waals surface area contributed by atoms with Gasteiger partial charge in [-0.05, 0) is 52.7 Å². The van der Waals surface area contributed by atoms with Gasteiger partial charge in [-0.25, -0.2) is 0 Å². The van der Waals surface area contributed by atoms with Crippen molar-refractivity contribution >= 4 is 17.6 Å². The Bertz CT molecular complexity index is 1570. The molecule has 3 aromatic carbocycles. The van der Waals surface area contributed by atoms with Crippen molar-refractivity contribution in [3.05, 3.63) is 75.4 Å². The van der Waals surface area contributed by atoms with Crippen molar-refractivity contribution < 1.29 is 39.5 Å². The first-order valence-electron chi connectivity index (χ1n) is 12.6. The molecule has 2 atom stereocenters. The van der Waals surface area contributed by atoms with Crippen LogP contribution >= 0.6 is 0 Å². The van der Waals surface area contributed by atoms with Crippen molar-refractivity contribution in [2.24, 2.45) is 5.92 Å². The number of rotatable bonds is 4. The highest BCUT2D eigenvalue weighted by atomic mass is 16.5. The number of hydrogen-bond acceptors (Lipinski definition) is 8. The van der Waals surface area contributed by atoms with Crippen LogP contribution in [0.3, 0.4) is 0 Å². The Morgan fingerprint density at radius 1 is 0.897 bits per heavy atom. The van der Waals surface area contributed by atoms with Gasteiger partial charge < -0.3 is 29.9 Å². The minimum absolute atomic E-state index is 0.0134. The number of phenols is 4. The van der Waals surface area contributed by atoms with Gasteiger partial charge in [0.25, 0.3) is 0 Å². The van der Waals surface area contributed by atoms with Crippen LogP contribution in [0.4, 0.5) is 0 Å². The largest absolute Gasteiger partial charge is 0.507 e. The van der Waals surface area contributed by atoms with E-state index in [0.29, 0.717) is 5.56 Å². The van der Waals surface area contributed by atoms with E-state index in [0.717, 1.165) is 5.56 Å². The van der Waals surface area contributed by atoms with E-state index in [9.17, 15) is 30.0 Å². The van der Waals surface area contributed by atoms with Crippen LogP contribution in [0.2, 0.25) is 0 Å². The molecule has 2 aliphatic rings. The number of benzene rings is 3. The lowest BCUT2D eigenvalue weighted by Gasteiger charge is -2.48. The normalized spacial score (nSPS) is 18.9. The van der Waals surface area contributed by atoms with Crippen LogP contribution in [0.15, 0.2) is 36.4 Å². The highest BCUT2D eigenvalue weighted by Crippen LogP contribution is 2.59. The number of allylic oxidation sites excluding steroid dienone is 1. The summed E-state index contributed by atoms with van der Waals surface area (Å²) in [7, 11) is 0. The van der Waals surface area contributed by atoms with Gasteiger partial charge in [0, 0.05) is 22.6 Å². The first-order chi connectivity index (χ1) is 18.3. The smallest absolute Gasteiger partial charge is 0.193 e. The zero-order valence-electron chi connectivity index (χ0n) is 22.3. The topological polar surface area (TPSA) is 134 Å². The quantitative estimate of drug-likeness (QED) is 0.250. The fourth-order valence-electron chi connectivity index (χ4n) is 5.59. The van der Waals surface area contributed by atoms with Crippen LogP contribution in [0.1, 0.15) is 75.4 Å². The Hall–Kier alpha value is -4.46. The molecule has 39 heavy (non-hydrogen) atoms. The maximum absolute atomic E-state index is 13.4. The van der Waals surface area contributed by atoms with Crippen LogP contribution in [0.5, 0.6) is 34.5 Å². The average molecular weight is 531 g/mol. The van der Waals surface area contributed by atoms with E-state index in [1.54, 1.807) is 26.8 Å². The van der Waals surface area contributed by atoms with Gasteiger partial charge in [-0.3, -0.25) is 9.59 Å². The highest BCUT2D eigenvalue weighted by molar-refractivity contribution is 6.11. The summed E-state index contributed by atoms with van der Waals surface area (Å²) >= 11 is 0. The SMILES string of the molecule is CC(=O)c1c(O)c(C)c2c(c1O)C[C@H]1[C@@H](O2)c2c(O)c(C)c(O)c(C(=O)C=Cc3ccccc3)c2OC1(C)C. The molecule has 0 saturated carbocycles. The fraction of sp³-hybridized carbons (Fsp3) is 0.290. The highest BCUT2D eigenvalue weighted by Gasteiger charge is 2.52. The maximum Gasteiger partial charge on any atom is 0.193 e. The van der Waals surface area contributed by atoms with Crippen molar-refractivity contribution in [1.82, 2.24) is 0 Å². The van der Waals surface area contributed by atoms with Crippen molar-refractivity contribution in [2.75, 3.05) is 0 Å². The Morgan fingerprint density at radius 3 is 2.18 bits per heavy atom. The zero-order chi connectivity index (χ0) is 28.4. The van der Waals surface area contributed by atoms with E-state index < -0.39 is 34.9 Å². The van der Waals surface area contributed by atoms with E-state index in [-0.39, 0.29) is 63.0 Å². The van der Waals surface area contributed by atoms with Gasteiger partial charge in [0.15, 0.2) is 11.6 Å². The summed E-state index contributed by atoms with van der Waals surface area (Å²) < 4.78 is 12.7. The summed E-state index contributed by atoms with van der Waals surface area (Å²) in [5.41, 5.74) is 0.456. The number of carbonyl (C=O) groups excluding carboxylic acids is 2. The molecule has 0 unspecified atom stereocenters. The third kappa shape index (κ3) is 3.98. The number of phenolic OH excluding ortho intramolecular Hbond substituents is 4. The first-order valence-corrected chi connectivity index (χ1v) is 12.6. The molecule has 3 aromatic rings. The summed E-state index contributed by atoms with van der Waals surface area (Å²) in [5, 5.41) is 43.8. The van der Waals surface area contributed by atoms with Crippen LogP contribution in [-0.2, 0) is 6.42 Å². The lowest BCUT2D eigenvalue weighted by molar-refractivity contribution is -0.0544. The van der Waals surface area contributed by atoms with Crippen LogP contribution in [0, 0.1) is 19.8 Å². The van der Waals surface area contributed by atoms with E-state index in [4.69, 9.17) is 9.47 Å². The van der Waals surface area contributed by atoms with Gasteiger partial charge in [0.05, 0.1) is 5.56 Å². The van der Waals surface area contributed by atoms with Gasteiger partial charge in [-0.1, -0.05) is 36.4 Å². The van der Waals surface area contributed by atoms with Crippen molar-refractivity contribution in [2.45, 2.75) is 52.7 Å². The average Bonchev–Trinajstić information content (AvgIpc) is 2.89. The molecule has 4 N–H and O–H groups in total. The molecule has 2 aliphatic heterocycles. The van der Waals surface area contributed by atoms with E-state index in [1.165, 1.54) is 19.9 Å². The second-order valence-electron chi connectivity index (χ2n) is 10.7. The molecule has 8 nitrogen and oxygen atoms in total. The molecule has 0 saturated heterocycles. The molecular weight excluding hydrogens is 500 g/mol. The van der Waals surface area contributed by atoms with Gasteiger partial charge in [0.2, 0.25) is 0 Å². The minimum Gasteiger partial charge on any atom is -0.507 e. The second kappa shape index (κ2) is 9.08. The number of aromatic hydroxyl groups is 4. The number of Topliss-reactive ketones (excluding diaryl/α,β-unsaturated/α-hetero) is 1. The standard InChI is InChI=1S/C31H30O8/c1-14-24(34)22(20(33)12-11-17-9-7-6-8-10-17)30-23(25(14)35)29-19(31(4,5)39-30)13-18-27(37)21(16(3)32)26(36)15(2)28(18)38-29/h6-12,19,29,34-37H,13H2,1-5H3/t19-,29+/m0/s1. The van der Waals surface area contributed by atoms with Crippen LogP contribution in [-0.4, -0.2) is 37.6 Å². The molecule has 8 heteroatoms. The predicted octanol–water partition coefficient (Wildman–Crippen LogP) is 5.69. The third-order valence-electron chi connectivity index (χ3n) is 7.81. The predicted molar refractivity (Wildman–Crippen MR) is 144 cm³/mol. The molecular formula is C31H30O8. The van der Waals surface area contributed by atoms with Crippen LogP contribution < -0.4 is 9.47 Å². The Labute approximate surface area is 225 Å². The fourth-order valence-corrected chi connectivity index (χ4v) is 5.59. The lowest BCUT2D eigenvalue weighted by atomic mass is 9.73. The van der Waals surface area contributed by atoms with Crippen molar-refractivity contribution in [3.63, 3.8) is 0 Å². The van der Waals surface area contributed by atoms with Gasteiger partial charge in [-0.15, -0.1) is 0 Å². The lowest BCUT2D eigenvalue weighted by Crippen LogP contribution is -2.49. The molecule has 0 spiro atoms. The molecule has 0 amide bonds. The summed E-state index contributed by atoms with van der Waals surface area (Å²) in [6.45, 7) is 7.92. The van der Waals surface area contributed by atoms with Crippen molar-refractivity contribution in [3.8, 4) is 34.5 Å². The molecule has 0 aliphatic carbocycles. The maximum atomic E-state index is 13.4. The minimum atomic E-state index is -0.990. The summed E-state index contributed by atoms with van der Waals surface area (Å²) in [6, 6.07) is 9.22. The van der Waals surface area contributed by atoms with Crippen molar-refractivity contribution in [1.29, 1.82) is 0 Å². The van der Waals surface area contributed by atoms with E-state index in [1.807, 2.05) is 30.3 Å². The zero-order valence-corrected chi connectivity index (χ0v) is 22.3. The molecule has 202 valence electrons. The summed E-state index contributed by atoms with van der Waals surface area (Å²) in [5.74, 6) is -2.66. The van der Waals surface area contributed by atoms with E-state index in [2.05, 4.69) is 0 Å². The monoisotopic (exact) mass is 530 g/mol. The molecule has 0 aromatic heterocycles. The third-order valence-corrected chi connectivity index (χ3v) is 7.81. The molecule has 0 radical (unpaired) electrons. The second-order valence-corrected chi connectivity index (χ2v) is 10.7. The van der Waals surface area contributed by atoms with Crippen LogP contribution in [0.25, 0.3) is 6.08 Å². The molecule has 5 rings (SSSR count). The summed E-state index contributed by atoms with van der Waals surface area (Å²) in [4.78, 5) is 25.6. The van der Waals surface area contributed by atoms with Gasteiger partial charge in [-0.2, -0.15) is 0 Å². The Balaban J connectivity index is 1.69. The first kappa shape index (κ1) is 26.2. The molecule has 0 fully saturated rings. The van der Waals surface area contributed by atoms with E-state index >= 15 is 0 Å². The summed E-state index contributed by atoms with van der Waals surface area (Å²) in [6.07, 6.45) is 2.32. The number of ketones is 2. The molecule has 0 bridgehead atoms. The number of carbonyl (C=O) groups is 2. The number of hydrogen-bond donors (Lipinski definition) is 4. The van der Waals surface area contributed by atoms with Gasteiger partial charge >= 0.3 is 0 Å². The number of ether oxygens (including phenoxy) is 2. The van der Waals surface area contributed by atoms with Gasteiger partial charge in [0.1, 0.15) is 57.3 Å². The molecule has 2 heterocycles. The Morgan fingerprint density at radius 2 is 1.54 bits per heavy atom. The Kier molecular flexibility index (Phi) is 6.09. The number of fused-ring (bicyclic) bond motifs is 4.